The van der Waals surface area contributed by atoms with Crippen LogP contribution >= 0.6 is 11.8 Å². The Morgan fingerprint density at radius 2 is 2.00 bits per heavy atom. The van der Waals surface area contributed by atoms with Crippen molar-refractivity contribution in [3.63, 3.8) is 0 Å². The molecule has 0 saturated carbocycles. The summed E-state index contributed by atoms with van der Waals surface area (Å²) >= 11 is 1.41. The number of amidine groups is 1. The van der Waals surface area contributed by atoms with Crippen molar-refractivity contribution in [3.8, 4) is 5.75 Å². The van der Waals surface area contributed by atoms with Crippen molar-refractivity contribution in [1.29, 1.82) is 0 Å². The number of hydrogen-bond acceptors (Lipinski definition) is 5. The Hall–Kier alpha value is -2.57. The topological polar surface area (TPSA) is 51.1 Å². The molecule has 1 atom stereocenters. The van der Waals surface area contributed by atoms with Crippen molar-refractivity contribution in [1.82, 2.24) is 4.90 Å². The van der Waals surface area contributed by atoms with E-state index in [0.29, 0.717) is 16.6 Å². The second-order valence-electron chi connectivity index (χ2n) is 6.66. The molecule has 28 heavy (non-hydrogen) atoms. The van der Waals surface area contributed by atoms with Gasteiger partial charge in [0.2, 0.25) is 0 Å². The highest BCUT2D eigenvalue weighted by molar-refractivity contribution is 8.18. The molecule has 0 radical (unpaired) electrons. The van der Waals surface area contributed by atoms with Crippen molar-refractivity contribution >= 4 is 34.6 Å². The van der Waals surface area contributed by atoms with Crippen LogP contribution in [0.3, 0.4) is 0 Å². The molecular weight excluding hydrogens is 372 g/mol. The summed E-state index contributed by atoms with van der Waals surface area (Å²) in [6.45, 7) is 1.30. The maximum absolute atomic E-state index is 13.1. The smallest absolute Gasteiger partial charge is 0.266 e. The van der Waals surface area contributed by atoms with Crippen LogP contribution in [0.15, 0.2) is 64.5 Å². The van der Waals surface area contributed by atoms with Gasteiger partial charge in [-0.05, 0) is 60.5 Å². The lowest BCUT2D eigenvalue weighted by molar-refractivity contribution is -0.123. The molecule has 0 aliphatic carbocycles. The minimum absolute atomic E-state index is 0.0222. The summed E-state index contributed by atoms with van der Waals surface area (Å²) in [7, 11) is 1.64. The summed E-state index contributed by atoms with van der Waals surface area (Å²) in [5.41, 5.74) is 1.79. The first-order valence-electron chi connectivity index (χ1n) is 9.34. The van der Waals surface area contributed by atoms with Crippen LogP contribution in [0.4, 0.5) is 5.69 Å². The first-order valence-corrected chi connectivity index (χ1v) is 10.2. The second kappa shape index (κ2) is 8.63. The van der Waals surface area contributed by atoms with E-state index < -0.39 is 0 Å². The largest absolute Gasteiger partial charge is 0.497 e. The molecule has 2 saturated heterocycles. The summed E-state index contributed by atoms with van der Waals surface area (Å²) < 4.78 is 11.0. The number of ether oxygens (including phenoxy) is 2. The summed E-state index contributed by atoms with van der Waals surface area (Å²) in [5.74, 6) is 0.768. The lowest BCUT2D eigenvalue weighted by Crippen LogP contribution is -2.36. The third-order valence-corrected chi connectivity index (χ3v) is 5.70. The minimum Gasteiger partial charge on any atom is -0.497 e. The Morgan fingerprint density at radius 1 is 1.21 bits per heavy atom. The number of nitrogens with zero attached hydrogens (tertiary/aromatic N) is 2. The zero-order valence-electron chi connectivity index (χ0n) is 15.7. The maximum atomic E-state index is 13.1. The van der Waals surface area contributed by atoms with Gasteiger partial charge in [0.25, 0.3) is 5.91 Å². The van der Waals surface area contributed by atoms with E-state index in [0.717, 1.165) is 36.4 Å². The van der Waals surface area contributed by atoms with Gasteiger partial charge in [-0.3, -0.25) is 9.69 Å². The van der Waals surface area contributed by atoms with Gasteiger partial charge >= 0.3 is 0 Å². The number of hydrogen-bond donors (Lipinski definition) is 0. The van der Waals surface area contributed by atoms with Gasteiger partial charge in [0.1, 0.15) is 5.75 Å². The van der Waals surface area contributed by atoms with E-state index in [9.17, 15) is 4.79 Å². The molecule has 0 aromatic heterocycles. The van der Waals surface area contributed by atoms with Gasteiger partial charge in [0, 0.05) is 6.61 Å². The normalized spacial score (nSPS) is 22.4. The zero-order valence-corrected chi connectivity index (χ0v) is 16.5. The highest BCUT2D eigenvalue weighted by Gasteiger charge is 2.35. The van der Waals surface area contributed by atoms with Gasteiger partial charge in [-0.1, -0.05) is 30.3 Å². The van der Waals surface area contributed by atoms with Crippen molar-refractivity contribution < 1.29 is 14.3 Å². The molecule has 2 fully saturated rings. The standard InChI is InChI=1S/C22H22N2O3S/c1-26-18-11-9-16(10-12-18)14-20-21(25)24(15-19-8-5-13-27-19)22(28-20)23-17-6-3-2-4-7-17/h2-4,6-7,9-12,14,19H,5,8,13,15H2,1H3/b20-14+,23-22?/t19-/m0/s1. The van der Waals surface area contributed by atoms with Crippen LogP contribution in [0, 0.1) is 0 Å². The fourth-order valence-electron chi connectivity index (χ4n) is 3.21. The summed E-state index contributed by atoms with van der Waals surface area (Å²) in [4.78, 5) is 20.2. The zero-order chi connectivity index (χ0) is 19.3. The number of thioether (sulfide) groups is 1. The van der Waals surface area contributed by atoms with Crippen LogP contribution in [-0.4, -0.2) is 42.3 Å². The Kier molecular flexibility index (Phi) is 5.78. The monoisotopic (exact) mass is 394 g/mol. The molecular formula is C22H22N2O3S. The van der Waals surface area contributed by atoms with E-state index in [1.807, 2.05) is 60.7 Å². The summed E-state index contributed by atoms with van der Waals surface area (Å²) in [6.07, 6.45) is 4.00. The first-order chi connectivity index (χ1) is 13.7. The molecule has 0 spiro atoms. The van der Waals surface area contributed by atoms with Crippen LogP contribution in [0.25, 0.3) is 6.08 Å². The van der Waals surface area contributed by atoms with Gasteiger partial charge in [-0.25, -0.2) is 4.99 Å². The van der Waals surface area contributed by atoms with E-state index in [-0.39, 0.29) is 12.0 Å². The Labute approximate surface area is 169 Å². The van der Waals surface area contributed by atoms with Crippen LogP contribution in [0.5, 0.6) is 5.75 Å². The lowest BCUT2D eigenvalue weighted by atomic mass is 10.2. The molecule has 144 valence electrons. The molecule has 2 aliphatic rings. The Morgan fingerprint density at radius 3 is 2.68 bits per heavy atom. The number of rotatable bonds is 5. The second-order valence-corrected chi connectivity index (χ2v) is 7.67. The SMILES string of the molecule is COc1ccc(/C=C2/SC(=Nc3ccccc3)N(C[C@@H]3CCCO3)C2=O)cc1. The molecule has 4 rings (SSSR count). The van der Waals surface area contributed by atoms with E-state index in [1.54, 1.807) is 12.0 Å². The van der Waals surface area contributed by atoms with Crippen LogP contribution in [0.2, 0.25) is 0 Å². The number of carbonyl (C=O) groups is 1. The van der Waals surface area contributed by atoms with Gasteiger partial charge in [0.15, 0.2) is 5.17 Å². The third kappa shape index (κ3) is 4.29. The third-order valence-electron chi connectivity index (χ3n) is 4.69. The molecule has 0 N–H and O–H groups in total. The first kappa shape index (κ1) is 18.8. The van der Waals surface area contributed by atoms with Gasteiger partial charge in [-0.2, -0.15) is 0 Å². The predicted octanol–water partition coefficient (Wildman–Crippen LogP) is 4.48. The number of benzene rings is 2. The maximum Gasteiger partial charge on any atom is 0.266 e. The van der Waals surface area contributed by atoms with E-state index in [1.165, 1.54) is 11.8 Å². The average Bonchev–Trinajstić information content (AvgIpc) is 3.34. The molecule has 0 bridgehead atoms. The molecule has 5 nitrogen and oxygen atoms in total. The Balaban J connectivity index is 1.62. The van der Waals surface area contributed by atoms with E-state index in [2.05, 4.69) is 0 Å². The number of carbonyl (C=O) groups excluding carboxylic acids is 1. The lowest BCUT2D eigenvalue weighted by Gasteiger charge is -2.19. The molecule has 6 heteroatoms. The Bertz CT molecular complexity index is 888. The van der Waals surface area contributed by atoms with Crippen molar-refractivity contribution in [3.05, 3.63) is 65.1 Å². The highest BCUT2D eigenvalue weighted by atomic mass is 32.2. The molecule has 1 amide bonds. The predicted molar refractivity (Wildman–Crippen MR) is 113 cm³/mol. The van der Waals surface area contributed by atoms with Crippen molar-refractivity contribution in [2.45, 2.75) is 18.9 Å². The highest BCUT2D eigenvalue weighted by Crippen LogP contribution is 2.35. The minimum atomic E-state index is -0.0222. The average molecular weight is 394 g/mol. The summed E-state index contributed by atoms with van der Waals surface area (Å²) in [6, 6.07) is 17.4. The van der Waals surface area contributed by atoms with Crippen LogP contribution < -0.4 is 4.74 Å². The molecule has 0 unspecified atom stereocenters. The van der Waals surface area contributed by atoms with Crippen LogP contribution in [-0.2, 0) is 9.53 Å². The molecule has 2 aromatic carbocycles. The molecule has 2 aliphatic heterocycles. The van der Waals surface area contributed by atoms with Crippen LogP contribution in [0.1, 0.15) is 18.4 Å². The quantitative estimate of drug-likeness (QED) is 0.702. The number of methoxy groups -OCH3 is 1. The number of amides is 1. The van der Waals surface area contributed by atoms with E-state index in [4.69, 9.17) is 14.5 Å². The number of para-hydroxylation sites is 1. The van der Waals surface area contributed by atoms with Gasteiger partial charge in [0.05, 0.1) is 30.4 Å². The summed E-state index contributed by atoms with van der Waals surface area (Å²) in [5, 5.41) is 0.700. The molecule has 2 heterocycles. The fraction of sp³-hybridized carbons (Fsp3) is 0.273. The van der Waals surface area contributed by atoms with Crippen molar-refractivity contribution in [2.24, 2.45) is 4.99 Å². The fourth-order valence-corrected chi connectivity index (χ4v) is 4.22. The number of aliphatic imine (C=N–C) groups is 1. The molecule has 2 aromatic rings. The van der Waals surface area contributed by atoms with Gasteiger partial charge in [-0.15, -0.1) is 0 Å². The van der Waals surface area contributed by atoms with Crippen molar-refractivity contribution in [2.75, 3.05) is 20.3 Å². The van der Waals surface area contributed by atoms with Gasteiger partial charge < -0.3 is 9.47 Å². The van der Waals surface area contributed by atoms with E-state index >= 15 is 0 Å².